The van der Waals surface area contributed by atoms with Gasteiger partial charge in [0, 0.05) is 5.69 Å². The third kappa shape index (κ3) is 3.83. The summed E-state index contributed by atoms with van der Waals surface area (Å²) in [5.74, 6) is 0. The van der Waals surface area contributed by atoms with Crippen LogP contribution in [0.1, 0.15) is 16.7 Å². The molecule has 2 amide bonds. The predicted octanol–water partition coefficient (Wildman–Crippen LogP) is 5.16. The molecule has 0 heterocycles. The summed E-state index contributed by atoms with van der Waals surface area (Å²) in [7, 11) is 0. The minimum Gasteiger partial charge on any atom is -0.308 e. The fourth-order valence-corrected chi connectivity index (χ4v) is 2.39. The first-order valence-electron chi connectivity index (χ1n) is 6.81. The average Bonchev–Trinajstić information content (AvgIpc) is 2.35. The van der Waals surface area contributed by atoms with E-state index in [0.717, 1.165) is 0 Å². The summed E-state index contributed by atoms with van der Waals surface area (Å²) >= 11 is 0. The summed E-state index contributed by atoms with van der Waals surface area (Å²) in [4.78, 5) is 11.6. The highest BCUT2D eigenvalue weighted by atomic mass is 19.4. The SMILES string of the molecule is Cc1cc(C)c(NC(=O)NC(C(F)(F)F)(C(F)(F)F)C(F)(F)F)c(C)c1. The van der Waals surface area contributed by atoms with Crippen LogP contribution in [-0.4, -0.2) is 30.1 Å². The van der Waals surface area contributed by atoms with Crippen molar-refractivity contribution < 1.29 is 44.3 Å². The van der Waals surface area contributed by atoms with Crippen molar-refractivity contribution in [3.8, 4) is 0 Å². The maximum Gasteiger partial charge on any atom is 0.429 e. The lowest BCUT2D eigenvalue weighted by Crippen LogP contribution is -2.75. The van der Waals surface area contributed by atoms with Crippen LogP contribution in [0.2, 0.25) is 0 Å². The number of hydrogen-bond donors (Lipinski definition) is 2. The van der Waals surface area contributed by atoms with E-state index in [1.807, 2.05) is 0 Å². The van der Waals surface area contributed by atoms with Crippen molar-refractivity contribution in [1.82, 2.24) is 5.32 Å². The number of benzene rings is 1. The van der Waals surface area contributed by atoms with E-state index in [9.17, 15) is 44.3 Å². The number of rotatable bonds is 2. The number of halogens is 9. The second-order valence-corrected chi connectivity index (χ2v) is 5.60. The quantitative estimate of drug-likeness (QED) is 0.667. The number of nitrogens with one attached hydrogen (secondary N) is 2. The highest BCUT2D eigenvalue weighted by Crippen LogP contribution is 2.52. The molecule has 1 aromatic rings. The molecule has 0 aliphatic carbocycles. The normalized spacial score (nSPS) is 13.5. The fraction of sp³-hybridized carbons (Fsp3) is 0.500. The van der Waals surface area contributed by atoms with Crippen molar-refractivity contribution in [1.29, 1.82) is 0 Å². The Morgan fingerprint density at radius 3 is 1.42 bits per heavy atom. The first-order chi connectivity index (χ1) is 11.4. The molecule has 148 valence electrons. The monoisotopic (exact) mass is 396 g/mol. The van der Waals surface area contributed by atoms with Crippen LogP contribution in [0.4, 0.5) is 50.0 Å². The van der Waals surface area contributed by atoms with E-state index in [4.69, 9.17) is 0 Å². The second-order valence-electron chi connectivity index (χ2n) is 5.60. The van der Waals surface area contributed by atoms with Gasteiger partial charge in [-0.25, -0.2) is 4.79 Å². The van der Waals surface area contributed by atoms with Gasteiger partial charge in [-0.05, 0) is 31.9 Å². The zero-order valence-corrected chi connectivity index (χ0v) is 13.5. The molecule has 0 atom stereocenters. The predicted molar refractivity (Wildman–Crippen MR) is 73.7 cm³/mol. The van der Waals surface area contributed by atoms with Crippen molar-refractivity contribution in [3.05, 3.63) is 28.8 Å². The maximum absolute atomic E-state index is 12.8. The molecule has 26 heavy (non-hydrogen) atoms. The van der Waals surface area contributed by atoms with E-state index in [2.05, 4.69) is 0 Å². The molecule has 0 unspecified atom stereocenters. The van der Waals surface area contributed by atoms with E-state index in [-0.39, 0.29) is 22.1 Å². The molecular weight excluding hydrogens is 383 g/mol. The van der Waals surface area contributed by atoms with Crippen molar-refractivity contribution >= 4 is 11.7 Å². The van der Waals surface area contributed by atoms with Gasteiger partial charge in [0.05, 0.1) is 0 Å². The Kier molecular flexibility index (Phi) is 5.51. The number of alkyl halides is 9. The summed E-state index contributed by atoms with van der Waals surface area (Å²) in [5, 5.41) is 1.67. The Balaban J connectivity index is 3.36. The third-order valence-corrected chi connectivity index (χ3v) is 3.49. The molecule has 3 nitrogen and oxygen atoms in total. The Bertz CT molecular complexity index is 630. The largest absolute Gasteiger partial charge is 0.429 e. The fourth-order valence-electron chi connectivity index (χ4n) is 2.39. The van der Waals surface area contributed by atoms with Gasteiger partial charge in [0.15, 0.2) is 0 Å². The molecule has 0 saturated carbocycles. The molecule has 12 heteroatoms. The van der Waals surface area contributed by atoms with Crippen molar-refractivity contribution in [2.24, 2.45) is 0 Å². The Morgan fingerprint density at radius 1 is 0.769 bits per heavy atom. The van der Waals surface area contributed by atoms with Gasteiger partial charge in [0.25, 0.3) is 0 Å². The van der Waals surface area contributed by atoms with E-state index in [0.29, 0.717) is 5.56 Å². The molecule has 0 spiro atoms. The molecule has 1 aromatic carbocycles. The van der Waals surface area contributed by atoms with Gasteiger partial charge in [-0.3, -0.25) is 0 Å². The van der Waals surface area contributed by atoms with Crippen LogP contribution in [0.3, 0.4) is 0 Å². The van der Waals surface area contributed by atoms with E-state index in [1.54, 1.807) is 12.2 Å². The number of amides is 2. The van der Waals surface area contributed by atoms with Crippen molar-refractivity contribution in [2.75, 3.05) is 5.32 Å². The van der Waals surface area contributed by atoms with Crippen LogP contribution in [-0.2, 0) is 0 Å². The maximum atomic E-state index is 12.8. The molecular formula is C14H13F9N2O. The van der Waals surface area contributed by atoms with Gasteiger partial charge in [-0.1, -0.05) is 17.7 Å². The zero-order chi connectivity index (χ0) is 20.7. The molecule has 0 aliphatic heterocycles. The van der Waals surface area contributed by atoms with Crippen molar-refractivity contribution in [2.45, 2.75) is 44.8 Å². The molecule has 1 rings (SSSR count). The number of urea groups is 1. The minimum absolute atomic E-state index is 0.0429. The van der Waals surface area contributed by atoms with Crippen molar-refractivity contribution in [3.63, 3.8) is 0 Å². The standard InChI is InChI=1S/C14H13F9N2O/c1-6-4-7(2)9(8(3)5-6)24-10(26)25-11(12(15,16)17,13(18,19)20)14(21,22)23/h4-5H,1-3H3,(H2,24,25,26). The second kappa shape index (κ2) is 6.54. The van der Waals surface area contributed by atoms with Gasteiger partial charge in [-0.15, -0.1) is 0 Å². The molecule has 0 fully saturated rings. The highest BCUT2D eigenvalue weighted by molar-refractivity contribution is 5.91. The molecule has 0 saturated heterocycles. The lowest BCUT2D eigenvalue weighted by Gasteiger charge is -2.38. The first kappa shape index (κ1) is 21.9. The highest BCUT2D eigenvalue weighted by Gasteiger charge is 2.84. The van der Waals surface area contributed by atoms with Crippen LogP contribution >= 0.6 is 0 Å². The van der Waals surface area contributed by atoms with Crippen LogP contribution in [0.25, 0.3) is 0 Å². The lowest BCUT2D eigenvalue weighted by atomic mass is 9.97. The Labute approximate surface area is 141 Å². The van der Waals surface area contributed by atoms with Gasteiger partial charge in [-0.2, -0.15) is 39.5 Å². The number of aryl methyl sites for hydroxylation is 3. The minimum atomic E-state index is -6.88. The smallest absolute Gasteiger partial charge is 0.308 e. The number of anilines is 1. The summed E-state index contributed by atoms with van der Waals surface area (Å²) in [5.41, 5.74) is -5.46. The molecule has 0 aromatic heterocycles. The molecule has 0 aliphatic rings. The Hall–Kier alpha value is -2.14. The van der Waals surface area contributed by atoms with E-state index < -0.39 is 30.1 Å². The van der Waals surface area contributed by atoms with Crippen LogP contribution < -0.4 is 10.6 Å². The van der Waals surface area contributed by atoms with Gasteiger partial charge in [0.2, 0.25) is 0 Å². The van der Waals surface area contributed by atoms with Crippen LogP contribution in [0.15, 0.2) is 12.1 Å². The summed E-state index contributed by atoms with van der Waals surface area (Å²) in [6, 6.07) is 0.576. The van der Waals surface area contributed by atoms with Gasteiger partial charge >= 0.3 is 30.1 Å². The van der Waals surface area contributed by atoms with Gasteiger partial charge in [0.1, 0.15) is 0 Å². The number of hydrogen-bond acceptors (Lipinski definition) is 1. The zero-order valence-electron chi connectivity index (χ0n) is 13.5. The average molecular weight is 396 g/mol. The first-order valence-corrected chi connectivity index (χ1v) is 6.81. The molecule has 2 N–H and O–H groups in total. The third-order valence-electron chi connectivity index (χ3n) is 3.49. The van der Waals surface area contributed by atoms with Gasteiger partial charge < -0.3 is 10.6 Å². The molecule has 0 bridgehead atoms. The number of carbonyl (C=O) groups excluding carboxylic acids is 1. The summed E-state index contributed by atoms with van der Waals surface area (Å²) < 4.78 is 115. The van der Waals surface area contributed by atoms with E-state index in [1.165, 1.54) is 26.0 Å². The van der Waals surface area contributed by atoms with Crippen LogP contribution in [0, 0.1) is 20.8 Å². The van der Waals surface area contributed by atoms with E-state index >= 15 is 0 Å². The molecule has 0 radical (unpaired) electrons. The summed E-state index contributed by atoms with van der Waals surface area (Å²) in [6.07, 6.45) is -20.6. The summed E-state index contributed by atoms with van der Waals surface area (Å²) in [6.45, 7) is 4.38. The van der Waals surface area contributed by atoms with Crippen LogP contribution in [0.5, 0.6) is 0 Å². The Morgan fingerprint density at radius 2 is 1.12 bits per heavy atom. The lowest BCUT2D eigenvalue weighted by molar-refractivity contribution is -0.386. The number of carbonyl (C=O) groups is 1. The topological polar surface area (TPSA) is 41.1 Å².